The van der Waals surface area contributed by atoms with Crippen molar-refractivity contribution in [1.82, 2.24) is 9.78 Å². The van der Waals surface area contributed by atoms with Gasteiger partial charge in [-0.2, -0.15) is 5.10 Å². The molecule has 0 aliphatic rings. The Kier molecular flexibility index (Phi) is 5.54. The largest absolute Gasteiger partial charge is 0.456 e. The standard InChI is InChI=1S/C14H24N2O3/c1-14(2,3)19-13(18)11-10-15-16(4)12(11)8-6-5-7-9-17/h10,17H,5-9H2,1-4H3. The van der Waals surface area contributed by atoms with Crippen molar-refractivity contribution in [1.29, 1.82) is 0 Å². The molecule has 1 aromatic heterocycles. The fourth-order valence-corrected chi connectivity index (χ4v) is 1.84. The van der Waals surface area contributed by atoms with E-state index in [1.807, 2.05) is 27.8 Å². The number of unbranched alkanes of at least 4 members (excludes halogenated alkanes) is 2. The summed E-state index contributed by atoms with van der Waals surface area (Å²) in [5, 5.41) is 12.9. The summed E-state index contributed by atoms with van der Waals surface area (Å²) < 4.78 is 7.09. The molecule has 0 fully saturated rings. The van der Waals surface area contributed by atoms with E-state index >= 15 is 0 Å². The van der Waals surface area contributed by atoms with Gasteiger partial charge in [0, 0.05) is 13.7 Å². The van der Waals surface area contributed by atoms with Gasteiger partial charge in [-0.25, -0.2) is 4.79 Å². The second-order valence-electron chi connectivity index (χ2n) is 5.66. The number of aryl methyl sites for hydroxylation is 1. The van der Waals surface area contributed by atoms with Crippen LogP contribution < -0.4 is 0 Å². The maximum atomic E-state index is 12.1. The highest BCUT2D eigenvalue weighted by atomic mass is 16.6. The van der Waals surface area contributed by atoms with Crippen LogP contribution in [0.5, 0.6) is 0 Å². The highest BCUT2D eigenvalue weighted by Crippen LogP contribution is 2.17. The molecule has 0 atom stereocenters. The van der Waals surface area contributed by atoms with E-state index in [0.29, 0.717) is 5.56 Å². The summed E-state index contributed by atoms with van der Waals surface area (Å²) in [6, 6.07) is 0. The summed E-state index contributed by atoms with van der Waals surface area (Å²) in [5.41, 5.74) is 0.940. The number of aliphatic hydroxyl groups is 1. The molecule has 0 amide bonds. The minimum Gasteiger partial charge on any atom is -0.456 e. The molecule has 0 aliphatic carbocycles. The van der Waals surface area contributed by atoms with E-state index in [2.05, 4.69) is 5.10 Å². The second kappa shape index (κ2) is 6.70. The summed E-state index contributed by atoms with van der Waals surface area (Å²) in [6.07, 6.45) is 4.99. The maximum absolute atomic E-state index is 12.1. The number of hydrogen-bond acceptors (Lipinski definition) is 4. The molecule has 108 valence electrons. The molecule has 0 saturated carbocycles. The second-order valence-corrected chi connectivity index (χ2v) is 5.66. The summed E-state index contributed by atoms with van der Waals surface area (Å²) >= 11 is 0. The van der Waals surface area contributed by atoms with Crippen molar-refractivity contribution in [3.05, 3.63) is 17.5 Å². The summed E-state index contributed by atoms with van der Waals surface area (Å²) in [6.45, 7) is 5.76. The molecule has 0 saturated heterocycles. The van der Waals surface area contributed by atoms with Crippen molar-refractivity contribution in [3.63, 3.8) is 0 Å². The fourth-order valence-electron chi connectivity index (χ4n) is 1.84. The van der Waals surface area contributed by atoms with E-state index in [4.69, 9.17) is 9.84 Å². The molecule has 1 N–H and O–H groups in total. The molecular weight excluding hydrogens is 244 g/mol. The van der Waals surface area contributed by atoms with Gasteiger partial charge in [0.1, 0.15) is 11.2 Å². The lowest BCUT2D eigenvalue weighted by Crippen LogP contribution is -2.24. The van der Waals surface area contributed by atoms with Crippen LogP contribution in [-0.2, 0) is 18.2 Å². The molecule has 5 nitrogen and oxygen atoms in total. The first-order valence-corrected chi connectivity index (χ1v) is 6.70. The summed E-state index contributed by atoms with van der Waals surface area (Å²) in [7, 11) is 1.83. The van der Waals surface area contributed by atoms with Crippen molar-refractivity contribution >= 4 is 5.97 Å². The van der Waals surface area contributed by atoms with Gasteiger partial charge in [-0.15, -0.1) is 0 Å². The highest BCUT2D eigenvalue weighted by molar-refractivity contribution is 5.90. The molecule has 0 bridgehead atoms. The Labute approximate surface area is 114 Å². The van der Waals surface area contributed by atoms with Crippen LogP contribution in [0.2, 0.25) is 0 Å². The topological polar surface area (TPSA) is 64.4 Å². The monoisotopic (exact) mass is 268 g/mol. The molecule has 1 heterocycles. The number of carbonyl (C=O) groups excluding carboxylic acids is 1. The number of rotatable bonds is 6. The van der Waals surface area contributed by atoms with Crippen LogP contribution in [0.1, 0.15) is 56.1 Å². The number of aliphatic hydroxyl groups excluding tert-OH is 1. The average molecular weight is 268 g/mol. The zero-order valence-electron chi connectivity index (χ0n) is 12.3. The Bertz CT molecular complexity index is 419. The Morgan fingerprint density at radius 2 is 2.05 bits per heavy atom. The highest BCUT2D eigenvalue weighted by Gasteiger charge is 2.22. The first-order chi connectivity index (χ1) is 8.85. The lowest BCUT2D eigenvalue weighted by Gasteiger charge is -2.19. The predicted octanol–water partition coefficient (Wildman–Crippen LogP) is 2.08. The van der Waals surface area contributed by atoms with E-state index in [9.17, 15) is 4.79 Å². The van der Waals surface area contributed by atoms with Crippen LogP contribution in [0.3, 0.4) is 0 Å². The first-order valence-electron chi connectivity index (χ1n) is 6.70. The van der Waals surface area contributed by atoms with E-state index in [1.54, 1.807) is 10.9 Å². The smallest absolute Gasteiger partial charge is 0.342 e. The van der Waals surface area contributed by atoms with Gasteiger partial charge in [-0.3, -0.25) is 4.68 Å². The van der Waals surface area contributed by atoms with Gasteiger partial charge in [0.15, 0.2) is 0 Å². The van der Waals surface area contributed by atoms with Crippen LogP contribution >= 0.6 is 0 Å². The minimum absolute atomic E-state index is 0.213. The van der Waals surface area contributed by atoms with E-state index in [0.717, 1.165) is 31.4 Å². The molecule has 0 spiro atoms. The Morgan fingerprint density at radius 3 is 2.63 bits per heavy atom. The van der Waals surface area contributed by atoms with Gasteiger partial charge in [0.2, 0.25) is 0 Å². The van der Waals surface area contributed by atoms with Crippen molar-refractivity contribution in [2.75, 3.05) is 6.61 Å². The average Bonchev–Trinajstić information content (AvgIpc) is 2.64. The first kappa shape index (κ1) is 15.7. The molecule has 0 aromatic carbocycles. The molecular formula is C14H24N2O3. The number of carbonyl (C=O) groups is 1. The number of ether oxygens (including phenoxy) is 1. The number of aromatic nitrogens is 2. The lowest BCUT2D eigenvalue weighted by atomic mass is 10.1. The van der Waals surface area contributed by atoms with Gasteiger partial charge in [0.05, 0.1) is 11.9 Å². The third-order valence-electron chi connectivity index (χ3n) is 2.75. The van der Waals surface area contributed by atoms with Crippen molar-refractivity contribution in [2.45, 2.75) is 52.1 Å². The van der Waals surface area contributed by atoms with Crippen molar-refractivity contribution in [3.8, 4) is 0 Å². The number of esters is 1. The quantitative estimate of drug-likeness (QED) is 0.633. The van der Waals surface area contributed by atoms with Crippen molar-refractivity contribution < 1.29 is 14.6 Å². The molecule has 1 aromatic rings. The van der Waals surface area contributed by atoms with Crippen LogP contribution in [-0.4, -0.2) is 33.1 Å². The summed E-state index contributed by atoms with van der Waals surface area (Å²) in [4.78, 5) is 12.1. The SMILES string of the molecule is Cn1ncc(C(=O)OC(C)(C)C)c1CCCCCO. The minimum atomic E-state index is -0.499. The normalized spacial score (nSPS) is 11.6. The van der Waals surface area contributed by atoms with E-state index < -0.39 is 5.60 Å². The van der Waals surface area contributed by atoms with Crippen LogP contribution in [0.4, 0.5) is 0 Å². The van der Waals surface area contributed by atoms with Crippen LogP contribution in [0.25, 0.3) is 0 Å². The Balaban J connectivity index is 2.71. The molecule has 1 rings (SSSR count). The molecule has 5 heteroatoms. The van der Waals surface area contributed by atoms with E-state index in [1.165, 1.54) is 0 Å². The Morgan fingerprint density at radius 1 is 1.37 bits per heavy atom. The number of nitrogens with zero attached hydrogens (tertiary/aromatic N) is 2. The number of hydrogen-bond donors (Lipinski definition) is 1. The molecule has 0 unspecified atom stereocenters. The van der Waals surface area contributed by atoms with Gasteiger partial charge in [-0.05, 0) is 40.0 Å². The Hall–Kier alpha value is -1.36. The summed E-state index contributed by atoms with van der Waals surface area (Å²) in [5.74, 6) is -0.322. The molecule has 0 radical (unpaired) electrons. The van der Waals surface area contributed by atoms with Crippen LogP contribution in [0, 0.1) is 0 Å². The maximum Gasteiger partial charge on any atom is 0.342 e. The lowest BCUT2D eigenvalue weighted by molar-refractivity contribution is 0.00681. The third-order valence-corrected chi connectivity index (χ3v) is 2.75. The van der Waals surface area contributed by atoms with Gasteiger partial charge >= 0.3 is 5.97 Å². The van der Waals surface area contributed by atoms with Gasteiger partial charge < -0.3 is 9.84 Å². The predicted molar refractivity (Wildman–Crippen MR) is 73.0 cm³/mol. The van der Waals surface area contributed by atoms with Crippen LogP contribution in [0.15, 0.2) is 6.20 Å². The zero-order valence-corrected chi connectivity index (χ0v) is 12.3. The fraction of sp³-hybridized carbons (Fsp3) is 0.714. The molecule has 19 heavy (non-hydrogen) atoms. The third kappa shape index (κ3) is 5.03. The van der Waals surface area contributed by atoms with E-state index in [-0.39, 0.29) is 12.6 Å². The zero-order chi connectivity index (χ0) is 14.5. The van der Waals surface area contributed by atoms with Gasteiger partial charge in [0.25, 0.3) is 0 Å². The molecule has 0 aliphatic heterocycles. The van der Waals surface area contributed by atoms with Gasteiger partial charge in [-0.1, -0.05) is 6.42 Å². The van der Waals surface area contributed by atoms with Crippen molar-refractivity contribution in [2.24, 2.45) is 7.05 Å².